The third-order valence-corrected chi connectivity index (χ3v) is 6.05. The van der Waals surface area contributed by atoms with E-state index in [1.54, 1.807) is 31.2 Å². The summed E-state index contributed by atoms with van der Waals surface area (Å²) in [6, 6.07) is 23.2. The van der Waals surface area contributed by atoms with Gasteiger partial charge in [-0.2, -0.15) is 0 Å². The second-order valence-corrected chi connectivity index (χ2v) is 9.01. The number of carbonyl (C=O) groups is 3. The number of halogens is 2. The van der Waals surface area contributed by atoms with Gasteiger partial charge in [-0.05, 0) is 60.5 Å². The van der Waals surface area contributed by atoms with E-state index in [1.165, 1.54) is 16.7 Å². The number of aryl methyl sites for hydroxylation is 1. The number of hydrogen-bond donors (Lipinski definition) is 3. The maximum Gasteiger partial charge on any atom is 0.263 e. The van der Waals surface area contributed by atoms with E-state index in [1.807, 2.05) is 36.4 Å². The fourth-order valence-corrected chi connectivity index (χ4v) is 4.01. The summed E-state index contributed by atoms with van der Waals surface area (Å²) in [4.78, 5) is 49.1. The lowest BCUT2D eigenvalue weighted by atomic mass is 10.1. The minimum Gasteiger partial charge on any atom is -0.343 e. The Morgan fingerprint density at radius 3 is 2.27 bits per heavy atom. The largest absolute Gasteiger partial charge is 0.343 e. The van der Waals surface area contributed by atoms with Crippen LogP contribution in [0.4, 0.5) is 20.2 Å². The number of rotatable bonds is 6. The molecule has 0 spiro atoms. The molecule has 0 fully saturated rings. The zero-order valence-corrected chi connectivity index (χ0v) is 21.5. The zero-order chi connectivity index (χ0) is 28.6. The van der Waals surface area contributed by atoms with Crippen LogP contribution in [0.3, 0.4) is 0 Å². The van der Waals surface area contributed by atoms with Crippen LogP contribution in [0.2, 0.25) is 0 Å². The number of benzene rings is 3. The quantitative estimate of drug-likeness (QED) is 0.341. The molecule has 1 aromatic heterocycles. The van der Waals surface area contributed by atoms with Gasteiger partial charge in [-0.15, -0.1) is 0 Å². The highest BCUT2D eigenvalue weighted by atomic mass is 19.2. The van der Waals surface area contributed by atoms with Gasteiger partial charge in [0, 0.05) is 17.1 Å². The Balaban J connectivity index is 0.000000546. The van der Waals surface area contributed by atoms with Crippen molar-refractivity contribution in [2.24, 2.45) is 0 Å². The molecule has 0 radical (unpaired) electrons. The predicted molar refractivity (Wildman–Crippen MR) is 147 cm³/mol. The molecule has 4 aromatic rings. The van der Waals surface area contributed by atoms with E-state index in [-0.39, 0.29) is 31.0 Å². The molecule has 8 nitrogen and oxygen atoms in total. The van der Waals surface area contributed by atoms with Crippen molar-refractivity contribution in [3.8, 4) is 0 Å². The van der Waals surface area contributed by atoms with Gasteiger partial charge in [-0.25, -0.2) is 8.78 Å². The number of hydrogen-bond acceptors (Lipinski definition) is 4. The van der Waals surface area contributed by atoms with Crippen LogP contribution in [-0.4, -0.2) is 28.8 Å². The molecule has 3 N–H and O–H groups in total. The molecular formula is C30H26F2N4O4. The Morgan fingerprint density at radius 1 is 0.900 bits per heavy atom. The molecule has 3 amide bonds. The first-order valence-corrected chi connectivity index (χ1v) is 12.4. The third kappa shape index (κ3) is 7.04. The van der Waals surface area contributed by atoms with Gasteiger partial charge >= 0.3 is 0 Å². The molecule has 2 heterocycles. The molecule has 1 aliphatic rings. The van der Waals surface area contributed by atoms with Gasteiger partial charge in [-0.1, -0.05) is 42.5 Å². The van der Waals surface area contributed by atoms with E-state index in [9.17, 15) is 28.0 Å². The molecule has 0 atom stereocenters. The topological polar surface area (TPSA) is 109 Å². The summed E-state index contributed by atoms with van der Waals surface area (Å²) in [7, 11) is 0. The highest BCUT2D eigenvalue weighted by Crippen LogP contribution is 2.25. The summed E-state index contributed by atoms with van der Waals surface area (Å²) in [5.74, 6) is -3.42. The highest BCUT2D eigenvalue weighted by Gasteiger charge is 2.19. The summed E-state index contributed by atoms with van der Waals surface area (Å²) in [5.41, 5.74) is 1.98. The first-order valence-electron chi connectivity index (χ1n) is 12.4. The Labute approximate surface area is 228 Å². The summed E-state index contributed by atoms with van der Waals surface area (Å²) in [6.45, 7) is 1.21. The molecule has 0 unspecified atom stereocenters. The number of fused-ring (bicyclic) bond motifs is 1. The van der Waals surface area contributed by atoms with Crippen LogP contribution in [0.1, 0.15) is 27.2 Å². The molecule has 40 heavy (non-hydrogen) atoms. The fraction of sp³-hybridized carbons (Fsp3) is 0.133. The molecular weight excluding hydrogens is 518 g/mol. The third-order valence-electron chi connectivity index (χ3n) is 6.05. The minimum absolute atomic E-state index is 0.0564. The van der Waals surface area contributed by atoms with Crippen molar-refractivity contribution in [1.29, 1.82) is 0 Å². The maximum absolute atomic E-state index is 13.5. The lowest BCUT2D eigenvalue weighted by Crippen LogP contribution is -2.37. The lowest BCUT2D eigenvalue weighted by Gasteiger charge is -2.13. The van der Waals surface area contributed by atoms with E-state index in [0.717, 1.165) is 17.7 Å². The van der Waals surface area contributed by atoms with Crippen molar-refractivity contribution in [1.82, 2.24) is 9.88 Å². The fourth-order valence-electron chi connectivity index (χ4n) is 4.01. The van der Waals surface area contributed by atoms with Gasteiger partial charge in [0.2, 0.25) is 11.8 Å². The Kier molecular flexibility index (Phi) is 8.80. The zero-order valence-electron chi connectivity index (χ0n) is 21.5. The highest BCUT2D eigenvalue weighted by molar-refractivity contribution is 6.01. The van der Waals surface area contributed by atoms with E-state index in [2.05, 4.69) is 16.0 Å². The van der Waals surface area contributed by atoms with E-state index >= 15 is 0 Å². The maximum atomic E-state index is 13.5. The average molecular weight is 545 g/mol. The Hall–Kier alpha value is -5.12. The molecule has 1 aliphatic heterocycles. The van der Waals surface area contributed by atoms with Gasteiger partial charge in [0.15, 0.2) is 11.6 Å². The van der Waals surface area contributed by atoms with Crippen LogP contribution < -0.4 is 21.5 Å². The summed E-state index contributed by atoms with van der Waals surface area (Å²) in [6.07, 6.45) is 0.222. The van der Waals surface area contributed by atoms with Crippen molar-refractivity contribution in [2.45, 2.75) is 19.9 Å². The Morgan fingerprint density at radius 2 is 1.60 bits per heavy atom. The minimum atomic E-state index is -1.03. The molecule has 0 bridgehead atoms. The number of carbonyl (C=O) groups excluding carboxylic acids is 3. The van der Waals surface area contributed by atoms with E-state index in [0.29, 0.717) is 22.6 Å². The monoisotopic (exact) mass is 544 g/mol. The van der Waals surface area contributed by atoms with Crippen LogP contribution in [0, 0.1) is 18.6 Å². The van der Waals surface area contributed by atoms with Gasteiger partial charge in [0.1, 0.15) is 5.56 Å². The second kappa shape index (κ2) is 12.6. The summed E-state index contributed by atoms with van der Waals surface area (Å²) in [5, 5.41) is 7.73. The van der Waals surface area contributed by atoms with Crippen LogP contribution >= 0.6 is 0 Å². The van der Waals surface area contributed by atoms with Gasteiger partial charge in [0.05, 0.1) is 19.5 Å². The van der Waals surface area contributed by atoms with Crippen molar-refractivity contribution in [2.75, 3.05) is 17.2 Å². The predicted octanol–water partition coefficient (Wildman–Crippen LogP) is 4.03. The van der Waals surface area contributed by atoms with Gasteiger partial charge in [-0.3, -0.25) is 19.2 Å². The van der Waals surface area contributed by atoms with Crippen molar-refractivity contribution in [3.63, 3.8) is 0 Å². The normalized spacial score (nSPS) is 11.5. The number of nitrogens with zero attached hydrogens (tertiary/aromatic N) is 1. The Bertz CT molecular complexity index is 1590. The number of amides is 3. The van der Waals surface area contributed by atoms with Crippen molar-refractivity contribution in [3.05, 3.63) is 129 Å². The summed E-state index contributed by atoms with van der Waals surface area (Å²) >= 11 is 0. The number of anilines is 2. The molecule has 204 valence electrons. The standard InChI is InChI=1S/C24H20F2N4O4.C6H6/c1-13-2-5-17(24(34)30(13)12-14-3-6-18(25)19(26)8-14)23(33)27-11-22(32)28-16-4-7-20-15(9-16)10-21(31)29-20;1-2-4-6-5-3-1/h2-9H,10-12H2,1H3,(H,27,33)(H,28,32)(H,29,31);1-6H. The molecule has 0 saturated carbocycles. The molecule has 3 aromatic carbocycles. The van der Waals surface area contributed by atoms with Crippen molar-refractivity contribution < 1.29 is 23.2 Å². The summed E-state index contributed by atoms with van der Waals surface area (Å²) < 4.78 is 28.0. The average Bonchev–Trinajstić information content (AvgIpc) is 3.32. The number of pyridine rings is 1. The van der Waals surface area contributed by atoms with Crippen molar-refractivity contribution >= 4 is 29.1 Å². The smallest absolute Gasteiger partial charge is 0.263 e. The van der Waals surface area contributed by atoms with E-state index in [4.69, 9.17) is 0 Å². The number of nitrogens with one attached hydrogen (secondary N) is 3. The van der Waals surface area contributed by atoms with E-state index < -0.39 is 29.0 Å². The number of aromatic nitrogens is 1. The molecule has 0 aliphatic carbocycles. The van der Waals surface area contributed by atoms with Crippen LogP contribution in [-0.2, 0) is 22.6 Å². The SMILES string of the molecule is Cc1ccc(C(=O)NCC(=O)Nc2ccc3c(c2)CC(=O)N3)c(=O)n1Cc1ccc(F)c(F)c1.c1ccccc1. The molecule has 0 saturated heterocycles. The first kappa shape index (κ1) is 27.9. The van der Waals surface area contributed by atoms with Gasteiger partial charge in [0.25, 0.3) is 11.5 Å². The van der Waals surface area contributed by atoms with Crippen LogP contribution in [0.25, 0.3) is 0 Å². The van der Waals surface area contributed by atoms with Gasteiger partial charge < -0.3 is 20.5 Å². The van der Waals surface area contributed by atoms with Crippen LogP contribution in [0.5, 0.6) is 0 Å². The van der Waals surface area contributed by atoms with Crippen LogP contribution in [0.15, 0.2) is 89.7 Å². The molecule has 5 rings (SSSR count). The lowest BCUT2D eigenvalue weighted by molar-refractivity contribution is -0.116. The molecule has 10 heteroatoms. The second-order valence-electron chi connectivity index (χ2n) is 9.01. The first-order chi connectivity index (χ1) is 19.2.